The van der Waals surface area contributed by atoms with Crippen molar-refractivity contribution in [2.45, 2.75) is 31.7 Å². The molecule has 0 saturated carbocycles. The van der Waals surface area contributed by atoms with Crippen LogP contribution in [0.15, 0.2) is 5.38 Å². The van der Waals surface area contributed by atoms with Crippen LogP contribution in [-0.4, -0.2) is 22.3 Å². The van der Waals surface area contributed by atoms with Crippen LogP contribution < -0.4 is 11.1 Å². The standard InChI is InChI=1S/C10H14ClN3O2S/c1-10(2,9(12)16)14-7(15)3-8-13-6(4-11)5-17-8/h5H,3-4H2,1-2H3,(H2,12,16)(H,14,15). The molecule has 0 aromatic carbocycles. The Kier molecular flexibility index (Phi) is 4.47. The van der Waals surface area contributed by atoms with E-state index in [1.807, 2.05) is 0 Å². The molecule has 3 N–H and O–H groups in total. The van der Waals surface area contributed by atoms with Gasteiger partial charge in [-0.1, -0.05) is 0 Å². The molecule has 0 atom stereocenters. The number of nitrogens with zero attached hydrogens (tertiary/aromatic N) is 1. The Morgan fingerprint density at radius 1 is 1.59 bits per heavy atom. The van der Waals surface area contributed by atoms with Gasteiger partial charge < -0.3 is 11.1 Å². The highest BCUT2D eigenvalue weighted by atomic mass is 35.5. The number of amides is 2. The van der Waals surface area contributed by atoms with Crippen LogP contribution in [0.2, 0.25) is 0 Å². The number of hydrogen-bond donors (Lipinski definition) is 2. The lowest BCUT2D eigenvalue weighted by molar-refractivity contribution is -0.130. The summed E-state index contributed by atoms with van der Waals surface area (Å²) >= 11 is 6.97. The van der Waals surface area contributed by atoms with E-state index in [9.17, 15) is 9.59 Å². The Morgan fingerprint density at radius 2 is 2.24 bits per heavy atom. The number of nitrogens with one attached hydrogen (secondary N) is 1. The molecular weight excluding hydrogens is 262 g/mol. The van der Waals surface area contributed by atoms with E-state index < -0.39 is 11.4 Å². The minimum absolute atomic E-state index is 0.123. The van der Waals surface area contributed by atoms with Gasteiger partial charge in [-0.15, -0.1) is 22.9 Å². The first-order chi connectivity index (χ1) is 7.85. The van der Waals surface area contributed by atoms with Gasteiger partial charge in [0.1, 0.15) is 10.5 Å². The van der Waals surface area contributed by atoms with Gasteiger partial charge in [-0.3, -0.25) is 9.59 Å². The van der Waals surface area contributed by atoms with Gasteiger partial charge in [0.15, 0.2) is 0 Å². The Labute approximate surface area is 108 Å². The fourth-order valence-electron chi connectivity index (χ4n) is 1.08. The molecule has 0 bridgehead atoms. The quantitative estimate of drug-likeness (QED) is 0.780. The summed E-state index contributed by atoms with van der Waals surface area (Å²) in [5.41, 5.74) is 4.85. The van der Waals surface area contributed by atoms with Gasteiger partial charge in [-0.2, -0.15) is 0 Å². The molecule has 17 heavy (non-hydrogen) atoms. The normalized spacial score (nSPS) is 11.2. The molecule has 1 heterocycles. The molecule has 2 amide bonds. The second-order valence-electron chi connectivity index (χ2n) is 4.08. The summed E-state index contributed by atoms with van der Waals surface area (Å²) in [5, 5.41) is 5.02. The second-order valence-corrected chi connectivity index (χ2v) is 5.29. The lowest BCUT2D eigenvalue weighted by Crippen LogP contribution is -2.53. The SMILES string of the molecule is CC(C)(NC(=O)Cc1nc(CCl)cs1)C(N)=O. The van der Waals surface area contributed by atoms with Crippen molar-refractivity contribution in [3.05, 3.63) is 16.1 Å². The van der Waals surface area contributed by atoms with Gasteiger partial charge >= 0.3 is 0 Å². The molecule has 0 saturated heterocycles. The van der Waals surface area contributed by atoms with Crippen LogP contribution >= 0.6 is 22.9 Å². The number of halogens is 1. The molecule has 0 fully saturated rings. The summed E-state index contributed by atoms with van der Waals surface area (Å²) in [4.78, 5) is 26.8. The van der Waals surface area contributed by atoms with Crippen molar-refractivity contribution in [3.63, 3.8) is 0 Å². The van der Waals surface area contributed by atoms with Gasteiger partial charge in [0.2, 0.25) is 11.8 Å². The maximum Gasteiger partial charge on any atom is 0.242 e. The Balaban J connectivity index is 2.58. The zero-order valence-corrected chi connectivity index (χ0v) is 11.2. The van der Waals surface area contributed by atoms with E-state index in [0.29, 0.717) is 10.9 Å². The lowest BCUT2D eigenvalue weighted by atomic mass is 10.1. The third-order valence-corrected chi connectivity index (χ3v) is 3.29. The van der Waals surface area contributed by atoms with Crippen molar-refractivity contribution in [1.29, 1.82) is 0 Å². The van der Waals surface area contributed by atoms with Crippen molar-refractivity contribution in [1.82, 2.24) is 10.3 Å². The average Bonchev–Trinajstić information content (AvgIpc) is 2.64. The van der Waals surface area contributed by atoms with Gasteiger partial charge in [0, 0.05) is 5.38 Å². The third kappa shape index (κ3) is 3.98. The minimum atomic E-state index is -1.05. The monoisotopic (exact) mass is 275 g/mol. The Hall–Kier alpha value is -1.14. The summed E-state index contributed by atoms with van der Waals surface area (Å²) in [7, 11) is 0. The van der Waals surface area contributed by atoms with Crippen LogP contribution in [0.1, 0.15) is 24.5 Å². The Bertz CT molecular complexity index is 431. The smallest absolute Gasteiger partial charge is 0.242 e. The van der Waals surface area contributed by atoms with Crippen molar-refractivity contribution < 1.29 is 9.59 Å². The van der Waals surface area contributed by atoms with Crippen LogP contribution in [0.4, 0.5) is 0 Å². The van der Waals surface area contributed by atoms with Crippen molar-refractivity contribution >= 4 is 34.8 Å². The zero-order chi connectivity index (χ0) is 13.1. The van der Waals surface area contributed by atoms with Gasteiger partial charge in [-0.05, 0) is 13.8 Å². The first kappa shape index (κ1) is 13.9. The van der Waals surface area contributed by atoms with E-state index in [1.54, 1.807) is 19.2 Å². The van der Waals surface area contributed by atoms with Gasteiger partial charge in [-0.25, -0.2) is 4.98 Å². The number of hydrogen-bond acceptors (Lipinski definition) is 4. The predicted molar refractivity (Wildman–Crippen MR) is 66.8 cm³/mol. The number of rotatable bonds is 5. The highest BCUT2D eigenvalue weighted by molar-refractivity contribution is 7.09. The number of aromatic nitrogens is 1. The largest absolute Gasteiger partial charge is 0.368 e. The number of thiazole rings is 1. The Morgan fingerprint density at radius 3 is 2.71 bits per heavy atom. The van der Waals surface area contributed by atoms with E-state index >= 15 is 0 Å². The number of primary amides is 1. The number of alkyl halides is 1. The van der Waals surface area contributed by atoms with E-state index in [2.05, 4.69) is 10.3 Å². The first-order valence-corrected chi connectivity index (χ1v) is 6.36. The predicted octanol–water partition coefficient (Wildman–Crippen LogP) is 0.804. The molecule has 1 rings (SSSR count). The summed E-state index contributed by atoms with van der Waals surface area (Å²) in [6.07, 6.45) is 0.123. The highest BCUT2D eigenvalue weighted by Crippen LogP contribution is 2.12. The maximum absolute atomic E-state index is 11.6. The topological polar surface area (TPSA) is 85.1 Å². The molecule has 1 aromatic heterocycles. The second kappa shape index (κ2) is 5.46. The van der Waals surface area contributed by atoms with E-state index in [4.69, 9.17) is 17.3 Å². The number of nitrogens with two attached hydrogens (primary N) is 1. The molecule has 0 aliphatic carbocycles. The van der Waals surface area contributed by atoms with E-state index in [-0.39, 0.29) is 12.3 Å². The fourth-order valence-corrected chi connectivity index (χ4v) is 2.10. The van der Waals surface area contributed by atoms with Crippen LogP contribution in [-0.2, 0) is 21.9 Å². The van der Waals surface area contributed by atoms with E-state index in [0.717, 1.165) is 5.69 Å². The molecule has 1 aromatic rings. The van der Waals surface area contributed by atoms with E-state index in [1.165, 1.54) is 11.3 Å². The maximum atomic E-state index is 11.6. The third-order valence-electron chi connectivity index (χ3n) is 2.12. The van der Waals surface area contributed by atoms with Crippen LogP contribution in [0.5, 0.6) is 0 Å². The van der Waals surface area contributed by atoms with Gasteiger partial charge in [0.25, 0.3) is 0 Å². The number of carbonyl (C=O) groups is 2. The summed E-state index contributed by atoms with van der Waals surface area (Å²) in [5.74, 6) is -0.541. The van der Waals surface area contributed by atoms with Crippen LogP contribution in [0.3, 0.4) is 0 Å². The molecule has 5 nitrogen and oxygen atoms in total. The molecule has 94 valence electrons. The van der Waals surface area contributed by atoms with Crippen molar-refractivity contribution in [3.8, 4) is 0 Å². The highest BCUT2D eigenvalue weighted by Gasteiger charge is 2.26. The number of carbonyl (C=O) groups excluding carboxylic acids is 2. The molecule has 0 aliphatic rings. The zero-order valence-electron chi connectivity index (χ0n) is 9.62. The van der Waals surface area contributed by atoms with Crippen LogP contribution in [0, 0.1) is 0 Å². The summed E-state index contributed by atoms with van der Waals surface area (Å²) < 4.78 is 0. The first-order valence-electron chi connectivity index (χ1n) is 4.95. The molecule has 0 aliphatic heterocycles. The minimum Gasteiger partial charge on any atom is -0.368 e. The molecule has 0 spiro atoms. The van der Waals surface area contributed by atoms with Crippen molar-refractivity contribution in [2.75, 3.05) is 0 Å². The molecule has 0 unspecified atom stereocenters. The molecule has 7 heteroatoms. The van der Waals surface area contributed by atoms with Crippen LogP contribution in [0.25, 0.3) is 0 Å². The lowest BCUT2D eigenvalue weighted by Gasteiger charge is -2.21. The average molecular weight is 276 g/mol. The fraction of sp³-hybridized carbons (Fsp3) is 0.500. The summed E-state index contributed by atoms with van der Waals surface area (Å²) in [6, 6.07) is 0. The molecule has 0 radical (unpaired) electrons. The summed E-state index contributed by atoms with van der Waals surface area (Å²) in [6.45, 7) is 3.11. The van der Waals surface area contributed by atoms with Crippen molar-refractivity contribution in [2.24, 2.45) is 5.73 Å². The van der Waals surface area contributed by atoms with Gasteiger partial charge in [0.05, 0.1) is 18.0 Å². The molecular formula is C10H14ClN3O2S.